The van der Waals surface area contributed by atoms with Gasteiger partial charge in [-0.15, -0.1) is 0 Å². The normalized spacial score (nSPS) is 20.3. The van der Waals surface area contributed by atoms with E-state index in [9.17, 15) is 14.4 Å². The molecule has 4 rings (SSSR count). The molecular weight excluding hydrogens is 372 g/mol. The second-order valence-electron chi connectivity index (χ2n) is 7.97. The van der Waals surface area contributed by atoms with Gasteiger partial charge in [-0.1, -0.05) is 0 Å². The number of likely N-dealkylation sites (N-methyl/N-ethyl adjacent to an activating group) is 1. The molecule has 2 amide bonds. The number of hydrogen-bond acceptors (Lipinski definition) is 6. The minimum absolute atomic E-state index is 0.0855. The van der Waals surface area contributed by atoms with Crippen LogP contribution in [-0.2, 0) is 11.3 Å². The van der Waals surface area contributed by atoms with Crippen LogP contribution in [-0.4, -0.2) is 69.9 Å². The molecule has 0 spiro atoms. The SMILES string of the molecule is CN(C)CC(=O)Nc1ccc2n(c1=O)C[C@@H]1C[C@@H]2CN(C(=O)c2cnccn2)C1. The van der Waals surface area contributed by atoms with Crippen LogP contribution in [0.4, 0.5) is 5.69 Å². The number of nitrogens with zero attached hydrogens (tertiary/aromatic N) is 5. The van der Waals surface area contributed by atoms with Crippen LogP contribution in [0.1, 0.15) is 28.5 Å². The van der Waals surface area contributed by atoms with Gasteiger partial charge in [0.05, 0.1) is 12.7 Å². The van der Waals surface area contributed by atoms with Crippen molar-refractivity contribution >= 4 is 17.5 Å². The molecule has 4 heterocycles. The second kappa shape index (κ2) is 7.75. The first-order chi connectivity index (χ1) is 13.9. The van der Waals surface area contributed by atoms with E-state index in [1.807, 2.05) is 11.0 Å². The van der Waals surface area contributed by atoms with Crippen LogP contribution < -0.4 is 10.9 Å². The van der Waals surface area contributed by atoms with E-state index in [2.05, 4.69) is 15.3 Å². The Kier molecular flexibility index (Phi) is 5.14. The highest BCUT2D eigenvalue weighted by molar-refractivity contribution is 5.92. The fraction of sp³-hybridized carbons (Fsp3) is 0.450. The van der Waals surface area contributed by atoms with Crippen LogP contribution in [0, 0.1) is 5.92 Å². The summed E-state index contributed by atoms with van der Waals surface area (Å²) in [5, 5.41) is 2.71. The smallest absolute Gasteiger partial charge is 0.274 e. The number of hydrogen-bond donors (Lipinski definition) is 1. The van der Waals surface area contributed by atoms with E-state index in [4.69, 9.17) is 0 Å². The van der Waals surface area contributed by atoms with Crippen molar-refractivity contribution in [1.29, 1.82) is 0 Å². The molecule has 2 aromatic heterocycles. The lowest BCUT2D eigenvalue weighted by Gasteiger charge is -2.42. The van der Waals surface area contributed by atoms with Crippen LogP contribution in [0.15, 0.2) is 35.5 Å². The standard InChI is InChI=1S/C20H24N6O3/c1-24(2)12-18(27)23-15-3-4-17-14-7-13(10-26(17)20(15)29)9-25(11-14)19(28)16-8-21-5-6-22-16/h3-6,8,13-14H,7,9-12H2,1-2H3,(H,23,27)/t13-,14-/m1/s1. The molecule has 2 aromatic rings. The predicted molar refractivity (Wildman–Crippen MR) is 107 cm³/mol. The predicted octanol–water partition coefficient (Wildman–Crippen LogP) is 0.398. The number of amides is 2. The lowest BCUT2D eigenvalue weighted by molar-refractivity contribution is -0.116. The third-order valence-electron chi connectivity index (χ3n) is 5.41. The number of carbonyl (C=O) groups is 2. The van der Waals surface area contributed by atoms with Crippen LogP contribution in [0.3, 0.4) is 0 Å². The number of anilines is 1. The molecule has 0 radical (unpaired) electrons. The van der Waals surface area contributed by atoms with Gasteiger partial charge in [0, 0.05) is 43.6 Å². The number of aromatic nitrogens is 3. The maximum absolute atomic E-state index is 12.9. The molecule has 29 heavy (non-hydrogen) atoms. The van der Waals surface area contributed by atoms with Gasteiger partial charge in [-0.2, -0.15) is 0 Å². The van der Waals surface area contributed by atoms with Gasteiger partial charge in [-0.25, -0.2) is 4.98 Å². The maximum Gasteiger partial charge on any atom is 0.274 e. The Morgan fingerprint density at radius 1 is 1.21 bits per heavy atom. The zero-order chi connectivity index (χ0) is 20.5. The summed E-state index contributed by atoms with van der Waals surface area (Å²) in [7, 11) is 3.60. The van der Waals surface area contributed by atoms with Gasteiger partial charge >= 0.3 is 0 Å². The minimum Gasteiger partial charge on any atom is -0.336 e. The highest BCUT2D eigenvalue weighted by atomic mass is 16.2. The molecule has 0 saturated carbocycles. The lowest BCUT2D eigenvalue weighted by Crippen LogP contribution is -2.49. The van der Waals surface area contributed by atoms with Crippen molar-refractivity contribution in [3.8, 4) is 0 Å². The first-order valence-electron chi connectivity index (χ1n) is 9.66. The Balaban J connectivity index is 1.55. The van der Waals surface area contributed by atoms with Crippen molar-refractivity contribution in [3.05, 3.63) is 52.5 Å². The van der Waals surface area contributed by atoms with E-state index in [0.29, 0.717) is 31.0 Å². The summed E-state index contributed by atoms with van der Waals surface area (Å²) in [6.45, 7) is 1.87. The molecule has 9 nitrogen and oxygen atoms in total. The van der Waals surface area contributed by atoms with Crippen LogP contribution in [0.5, 0.6) is 0 Å². The molecule has 2 bridgehead atoms. The topological polar surface area (TPSA) is 100 Å². The van der Waals surface area contributed by atoms with Crippen molar-refractivity contribution < 1.29 is 9.59 Å². The summed E-state index contributed by atoms with van der Waals surface area (Å²) in [5.74, 6) is -0.0739. The molecule has 0 aromatic carbocycles. The first-order valence-corrected chi connectivity index (χ1v) is 9.66. The Morgan fingerprint density at radius 3 is 2.76 bits per heavy atom. The van der Waals surface area contributed by atoms with E-state index >= 15 is 0 Å². The summed E-state index contributed by atoms with van der Waals surface area (Å²) < 4.78 is 1.76. The Morgan fingerprint density at radius 2 is 2.03 bits per heavy atom. The number of piperidine rings is 1. The molecule has 1 saturated heterocycles. The number of carbonyl (C=O) groups excluding carboxylic acids is 2. The lowest BCUT2D eigenvalue weighted by atomic mass is 9.83. The van der Waals surface area contributed by atoms with Gasteiger partial charge in [-0.05, 0) is 38.6 Å². The fourth-order valence-corrected chi connectivity index (χ4v) is 4.26. The first kappa shape index (κ1) is 19.3. The highest BCUT2D eigenvalue weighted by Crippen LogP contribution is 2.35. The fourth-order valence-electron chi connectivity index (χ4n) is 4.26. The number of nitrogens with one attached hydrogen (secondary N) is 1. The third-order valence-corrected chi connectivity index (χ3v) is 5.41. The molecule has 2 atom stereocenters. The van der Waals surface area contributed by atoms with E-state index in [-0.39, 0.29) is 35.8 Å². The Labute approximate surface area is 168 Å². The minimum atomic E-state index is -0.218. The van der Waals surface area contributed by atoms with E-state index < -0.39 is 0 Å². The summed E-state index contributed by atoms with van der Waals surface area (Å²) in [6.07, 6.45) is 5.47. The van der Waals surface area contributed by atoms with Crippen molar-refractivity contribution in [2.45, 2.75) is 18.9 Å². The highest BCUT2D eigenvalue weighted by Gasteiger charge is 2.37. The Hall–Kier alpha value is -3.07. The summed E-state index contributed by atoms with van der Waals surface area (Å²) >= 11 is 0. The summed E-state index contributed by atoms with van der Waals surface area (Å²) in [5.41, 5.74) is 1.36. The van der Waals surface area contributed by atoms with E-state index in [0.717, 1.165) is 12.1 Å². The Bertz CT molecular complexity index is 987. The van der Waals surface area contributed by atoms with Gasteiger partial charge in [0.25, 0.3) is 11.5 Å². The van der Waals surface area contributed by atoms with E-state index in [1.165, 1.54) is 12.4 Å². The monoisotopic (exact) mass is 396 g/mol. The molecule has 152 valence electrons. The average Bonchev–Trinajstić information content (AvgIpc) is 2.70. The van der Waals surface area contributed by atoms with Crippen LogP contribution >= 0.6 is 0 Å². The number of fused-ring (bicyclic) bond motifs is 4. The van der Waals surface area contributed by atoms with Crippen LogP contribution in [0.2, 0.25) is 0 Å². The average molecular weight is 396 g/mol. The molecule has 2 aliphatic heterocycles. The van der Waals surface area contributed by atoms with Gasteiger partial charge < -0.3 is 19.7 Å². The second-order valence-corrected chi connectivity index (χ2v) is 7.97. The molecule has 2 aliphatic rings. The molecule has 0 unspecified atom stereocenters. The zero-order valence-electron chi connectivity index (χ0n) is 16.5. The van der Waals surface area contributed by atoms with Gasteiger partial charge in [0.2, 0.25) is 5.91 Å². The van der Waals surface area contributed by atoms with E-state index in [1.54, 1.807) is 35.8 Å². The molecule has 0 aliphatic carbocycles. The van der Waals surface area contributed by atoms with Gasteiger partial charge in [0.15, 0.2) is 0 Å². The zero-order valence-corrected chi connectivity index (χ0v) is 16.5. The molecular formula is C20H24N6O3. The maximum atomic E-state index is 12.9. The number of pyridine rings is 1. The largest absolute Gasteiger partial charge is 0.336 e. The summed E-state index contributed by atoms with van der Waals surface area (Å²) in [6, 6.07) is 3.56. The van der Waals surface area contributed by atoms with Crippen molar-refractivity contribution in [3.63, 3.8) is 0 Å². The molecule has 1 fully saturated rings. The van der Waals surface area contributed by atoms with Crippen molar-refractivity contribution in [1.82, 2.24) is 24.3 Å². The molecule has 1 N–H and O–H groups in total. The van der Waals surface area contributed by atoms with Crippen molar-refractivity contribution in [2.24, 2.45) is 5.92 Å². The quantitative estimate of drug-likeness (QED) is 0.803. The molecule has 9 heteroatoms. The van der Waals surface area contributed by atoms with Crippen LogP contribution in [0.25, 0.3) is 0 Å². The number of likely N-dealkylation sites (tertiary alicyclic amines) is 1. The van der Waals surface area contributed by atoms with Crippen molar-refractivity contribution in [2.75, 3.05) is 39.0 Å². The number of rotatable bonds is 4. The summed E-state index contributed by atoms with van der Waals surface area (Å²) in [4.78, 5) is 49.4. The third kappa shape index (κ3) is 3.91. The van der Waals surface area contributed by atoms with Gasteiger partial charge in [0.1, 0.15) is 11.4 Å². The van der Waals surface area contributed by atoms with Gasteiger partial charge in [-0.3, -0.25) is 19.4 Å².